The van der Waals surface area contributed by atoms with Crippen LogP contribution in [0.2, 0.25) is 0 Å². The first-order valence-electron chi connectivity index (χ1n) is 3.85. The maximum absolute atomic E-state index is 8.88. The van der Waals surface area contributed by atoms with Gasteiger partial charge < -0.3 is 21.0 Å². The summed E-state index contributed by atoms with van der Waals surface area (Å²) in [7, 11) is -4.64. The van der Waals surface area contributed by atoms with Gasteiger partial charge in [0.05, 0.1) is 0 Å². The molecule has 0 saturated carbocycles. The molecule has 0 aromatic heterocycles. The Morgan fingerprint density at radius 2 is 1.23 bits per heavy atom. The van der Waals surface area contributed by atoms with Crippen LogP contribution in [0.4, 0.5) is 0 Å². The average Bonchev–Trinajstić information content (AvgIpc) is 1.88. The Hall–Kier alpha value is 1.07. The van der Waals surface area contributed by atoms with Crippen LogP contribution in [0, 0.1) is 0 Å². The van der Waals surface area contributed by atoms with E-state index in [0.717, 1.165) is 0 Å². The normalized spacial score (nSPS) is 10.1. The maximum atomic E-state index is 8.88. The van der Waals surface area contributed by atoms with Crippen LogP contribution in [-0.2, 0) is 4.57 Å². The third-order valence-electron chi connectivity index (χ3n) is 1.34. The number of nitrogens with zero attached hydrogens (tertiary/aromatic N) is 1. The molecule has 0 fully saturated rings. The van der Waals surface area contributed by atoms with E-state index < -0.39 is 7.82 Å². The zero-order valence-corrected chi connectivity index (χ0v) is 11.7. The van der Waals surface area contributed by atoms with Crippen LogP contribution in [0.1, 0.15) is 22.2 Å². The van der Waals surface area contributed by atoms with Gasteiger partial charge in [0.2, 0.25) is 0 Å². The minimum absolute atomic E-state index is 0. The summed E-state index contributed by atoms with van der Waals surface area (Å²) < 4.78 is 8.88. The first-order valence-corrected chi connectivity index (χ1v) is 5.42. The summed E-state index contributed by atoms with van der Waals surface area (Å²) in [6, 6.07) is 0. The molecule has 0 saturated heterocycles. The Morgan fingerprint density at radius 1 is 1.08 bits per heavy atom. The van der Waals surface area contributed by atoms with E-state index in [9.17, 15) is 0 Å². The van der Waals surface area contributed by atoms with Crippen LogP contribution in [0.15, 0.2) is 0 Å². The van der Waals surface area contributed by atoms with Crippen molar-refractivity contribution in [2.45, 2.75) is 20.8 Å². The molecule has 0 radical (unpaired) electrons. The SMILES string of the molecule is CCN(CC)CC.O=P(O)(O)O.[H-].[Na+]. The smallest absolute Gasteiger partial charge is 1.00 e. The van der Waals surface area contributed by atoms with Gasteiger partial charge in [-0.05, 0) is 19.6 Å². The van der Waals surface area contributed by atoms with Gasteiger partial charge in [-0.15, -0.1) is 0 Å². The predicted octanol–water partition coefficient (Wildman–Crippen LogP) is -2.46. The Bertz CT molecular complexity index is 128. The molecule has 0 heterocycles. The van der Waals surface area contributed by atoms with Gasteiger partial charge >= 0.3 is 37.4 Å². The fourth-order valence-electron chi connectivity index (χ4n) is 0.671. The van der Waals surface area contributed by atoms with Crippen molar-refractivity contribution in [3.8, 4) is 0 Å². The Balaban J connectivity index is -0.0000000651. The largest absolute Gasteiger partial charge is 1.00 e. The quantitative estimate of drug-likeness (QED) is 0.365. The fraction of sp³-hybridized carbons (Fsp3) is 1.00. The summed E-state index contributed by atoms with van der Waals surface area (Å²) in [5, 5.41) is 0. The molecule has 0 aliphatic rings. The van der Waals surface area contributed by atoms with E-state index in [-0.39, 0.29) is 31.0 Å². The molecule has 0 unspecified atom stereocenters. The minimum atomic E-state index is -4.64. The van der Waals surface area contributed by atoms with Crippen molar-refractivity contribution < 1.29 is 50.2 Å². The average molecular weight is 223 g/mol. The summed E-state index contributed by atoms with van der Waals surface area (Å²) in [5.41, 5.74) is 0. The van der Waals surface area contributed by atoms with E-state index in [1.165, 1.54) is 19.6 Å². The van der Waals surface area contributed by atoms with Crippen LogP contribution in [0.25, 0.3) is 0 Å². The number of rotatable bonds is 3. The van der Waals surface area contributed by atoms with Crippen LogP contribution in [0.5, 0.6) is 0 Å². The molecular weight excluding hydrogens is 204 g/mol. The third kappa shape index (κ3) is 32.0. The molecule has 5 nitrogen and oxygen atoms in total. The molecule has 0 amide bonds. The van der Waals surface area contributed by atoms with Crippen molar-refractivity contribution in [3.05, 3.63) is 0 Å². The summed E-state index contributed by atoms with van der Waals surface area (Å²) in [5.74, 6) is 0. The van der Waals surface area contributed by atoms with Gasteiger partial charge in [0, 0.05) is 0 Å². The van der Waals surface area contributed by atoms with Crippen molar-refractivity contribution in [1.82, 2.24) is 4.90 Å². The van der Waals surface area contributed by atoms with Gasteiger partial charge in [0.1, 0.15) is 0 Å². The molecule has 0 spiro atoms. The molecule has 0 aromatic carbocycles. The van der Waals surface area contributed by atoms with Gasteiger partial charge in [-0.3, -0.25) is 0 Å². The zero-order chi connectivity index (χ0) is 10.2. The topological polar surface area (TPSA) is 81.0 Å². The van der Waals surface area contributed by atoms with Crippen LogP contribution in [-0.4, -0.2) is 39.2 Å². The van der Waals surface area contributed by atoms with E-state index >= 15 is 0 Å². The van der Waals surface area contributed by atoms with Gasteiger partial charge in [-0.1, -0.05) is 20.8 Å². The Labute approximate surface area is 103 Å². The van der Waals surface area contributed by atoms with Crippen molar-refractivity contribution in [3.63, 3.8) is 0 Å². The Kier molecular flexibility index (Phi) is 16.8. The van der Waals surface area contributed by atoms with Crippen molar-refractivity contribution in [2.75, 3.05) is 19.6 Å². The van der Waals surface area contributed by atoms with E-state index in [1.54, 1.807) is 0 Å². The zero-order valence-electron chi connectivity index (χ0n) is 9.77. The molecule has 0 rings (SSSR count). The second-order valence-corrected chi connectivity index (χ2v) is 3.16. The molecule has 7 heteroatoms. The molecule has 0 aliphatic carbocycles. The fourth-order valence-corrected chi connectivity index (χ4v) is 0.671. The molecular formula is C6H19NNaO4P. The first-order chi connectivity index (χ1) is 5.35. The Morgan fingerprint density at radius 3 is 1.23 bits per heavy atom. The van der Waals surface area contributed by atoms with Gasteiger partial charge in [-0.2, -0.15) is 0 Å². The number of hydrogen-bond acceptors (Lipinski definition) is 2. The number of hydrogen-bond donors (Lipinski definition) is 3. The third-order valence-corrected chi connectivity index (χ3v) is 1.34. The molecule has 0 aliphatic heterocycles. The summed E-state index contributed by atoms with van der Waals surface area (Å²) in [6.07, 6.45) is 0. The molecule has 13 heavy (non-hydrogen) atoms. The predicted molar refractivity (Wildman–Crippen MR) is 48.8 cm³/mol. The second-order valence-electron chi connectivity index (χ2n) is 2.13. The summed E-state index contributed by atoms with van der Waals surface area (Å²) >= 11 is 0. The van der Waals surface area contributed by atoms with Crippen LogP contribution in [0.3, 0.4) is 0 Å². The van der Waals surface area contributed by atoms with E-state index in [1.807, 2.05) is 0 Å². The van der Waals surface area contributed by atoms with Crippen LogP contribution >= 0.6 is 7.82 Å². The monoisotopic (exact) mass is 223 g/mol. The van der Waals surface area contributed by atoms with Gasteiger partial charge in [0.25, 0.3) is 0 Å². The van der Waals surface area contributed by atoms with Crippen LogP contribution < -0.4 is 29.6 Å². The summed E-state index contributed by atoms with van der Waals surface area (Å²) in [6.45, 7) is 10.1. The second kappa shape index (κ2) is 11.1. The molecule has 78 valence electrons. The van der Waals surface area contributed by atoms with E-state index in [2.05, 4.69) is 25.7 Å². The molecule has 3 N–H and O–H groups in total. The van der Waals surface area contributed by atoms with Crippen molar-refractivity contribution in [1.29, 1.82) is 0 Å². The van der Waals surface area contributed by atoms with Gasteiger partial charge in [0.15, 0.2) is 0 Å². The maximum Gasteiger partial charge on any atom is 1.00 e. The van der Waals surface area contributed by atoms with E-state index in [4.69, 9.17) is 19.2 Å². The van der Waals surface area contributed by atoms with E-state index in [0.29, 0.717) is 0 Å². The van der Waals surface area contributed by atoms with Crippen molar-refractivity contribution in [2.24, 2.45) is 0 Å². The number of phosphoric acid groups is 1. The summed E-state index contributed by atoms with van der Waals surface area (Å²) in [4.78, 5) is 23.9. The van der Waals surface area contributed by atoms with Gasteiger partial charge in [-0.25, -0.2) is 4.57 Å². The minimum Gasteiger partial charge on any atom is -1.00 e. The molecule has 0 aromatic rings. The van der Waals surface area contributed by atoms with Crippen molar-refractivity contribution >= 4 is 7.82 Å². The first kappa shape index (κ1) is 19.6. The standard InChI is InChI=1S/C6H15N.Na.H3O4P.H/c1-4-7(5-2)6-3;;1-5(2,3)4;/h4-6H2,1-3H3;;(H3,1,2,3,4);/q;+1;;-1. The molecule has 0 atom stereocenters. The molecule has 0 bridgehead atoms.